The van der Waals surface area contributed by atoms with Crippen LogP contribution in [0.25, 0.3) is 0 Å². The summed E-state index contributed by atoms with van der Waals surface area (Å²) in [4.78, 5) is 43.5. The van der Waals surface area contributed by atoms with E-state index in [1.807, 2.05) is 41.3 Å². The summed E-state index contributed by atoms with van der Waals surface area (Å²) in [5, 5.41) is 5.79. The van der Waals surface area contributed by atoms with Crippen LogP contribution in [0.2, 0.25) is 0 Å². The molecule has 4 rings (SSSR count). The number of benzene rings is 2. The first-order chi connectivity index (χ1) is 19.0. The number of amides is 3. The zero-order valence-electron chi connectivity index (χ0n) is 23.1. The monoisotopic (exact) mass is 534 g/mol. The van der Waals surface area contributed by atoms with E-state index in [4.69, 9.17) is 4.74 Å². The molecule has 2 saturated heterocycles. The zero-order valence-corrected chi connectivity index (χ0v) is 23.1. The number of nitrogens with one attached hydrogen (secondary N) is 2. The Morgan fingerprint density at radius 2 is 1.64 bits per heavy atom. The zero-order chi connectivity index (χ0) is 27.5. The molecule has 2 aromatic carbocycles. The molecule has 0 radical (unpaired) electrons. The molecule has 210 valence electrons. The second kappa shape index (κ2) is 14.1. The molecular weight excluding hydrogens is 492 g/mol. The third kappa shape index (κ3) is 7.60. The largest absolute Gasteiger partial charge is 0.445 e. The summed E-state index contributed by atoms with van der Waals surface area (Å²) in [6, 6.07) is 19.4. The Bertz CT molecular complexity index is 1070. The fraction of sp³-hybridized carbons (Fsp3) is 0.516. The van der Waals surface area contributed by atoms with Gasteiger partial charge in [-0.15, -0.1) is 0 Å². The average molecular weight is 535 g/mol. The van der Waals surface area contributed by atoms with E-state index in [2.05, 4.69) is 46.7 Å². The molecule has 1 spiro atoms. The molecule has 3 amide bonds. The Morgan fingerprint density at radius 1 is 0.974 bits per heavy atom. The molecule has 0 aliphatic carbocycles. The summed E-state index contributed by atoms with van der Waals surface area (Å²) < 4.78 is 5.25. The van der Waals surface area contributed by atoms with Crippen molar-refractivity contribution in [1.82, 2.24) is 20.4 Å². The van der Waals surface area contributed by atoms with Crippen LogP contribution >= 0.6 is 0 Å². The topological polar surface area (TPSA) is 91.0 Å². The number of carbonyl (C=O) groups is 3. The summed E-state index contributed by atoms with van der Waals surface area (Å²) in [7, 11) is 0. The van der Waals surface area contributed by atoms with Gasteiger partial charge in [0.05, 0.1) is 0 Å². The number of piperidine rings is 1. The molecule has 2 heterocycles. The number of nitrogens with zero attached hydrogens (tertiary/aromatic N) is 2. The highest BCUT2D eigenvalue weighted by Crippen LogP contribution is 2.34. The van der Waals surface area contributed by atoms with Gasteiger partial charge in [0.15, 0.2) is 0 Å². The molecule has 8 nitrogen and oxygen atoms in total. The maximum absolute atomic E-state index is 13.6. The standard InChI is InChI=1S/C31H42N4O4/c1-2-3-20-35-28(36)27(15-10-19-32-30(38)39-24-26-13-8-5-9-14-26)33-29(37)31(35)17-22-34(23-18-31)21-16-25-11-6-4-7-12-25/h4-9,11-14,27H,2-3,10,15-24H2,1H3,(H,32,38)(H,33,37)/t27-/m0/s1. The van der Waals surface area contributed by atoms with Gasteiger partial charge in [-0.2, -0.15) is 0 Å². The lowest BCUT2D eigenvalue weighted by Gasteiger charge is -2.51. The maximum atomic E-state index is 13.6. The molecule has 39 heavy (non-hydrogen) atoms. The lowest BCUT2D eigenvalue weighted by atomic mass is 9.81. The van der Waals surface area contributed by atoms with E-state index < -0.39 is 17.7 Å². The Morgan fingerprint density at radius 3 is 2.31 bits per heavy atom. The van der Waals surface area contributed by atoms with Gasteiger partial charge in [0.25, 0.3) is 0 Å². The lowest BCUT2D eigenvalue weighted by molar-refractivity contribution is -0.161. The molecule has 2 aromatic rings. The van der Waals surface area contributed by atoms with Crippen molar-refractivity contribution in [2.45, 2.75) is 70.1 Å². The third-order valence-corrected chi connectivity index (χ3v) is 7.94. The Balaban J connectivity index is 1.26. The van der Waals surface area contributed by atoms with E-state index in [-0.39, 0.29) is 18.4 Å². The number of ether oxygens (including phenoxy) is 1. The number of piperazine rings is 1. The molecule has 0 aromatic heterocycles. The number of alkyl carbamates (subject to hydrolysis) is 1. The summed E-state index contributed by atoms with van der Waals surface area (Å²) >= 11 is 0. The summed E-state index contributed by atoms with van der Waals surface area (Å²) in [6.07, 6.45) is 4.69. The molecule has 0 unspecified atom stereocenters. The fourth-order valence-corrected chi connectivity index (χ4v) is 5.56. The number of hydrogen-bond acceptors (Lipinski definition) is 5. The SMILES string of the molecule is CCCCN1C(=O)[C@H](CCCNC(=O)OCc2ccccc2)NC(=O)C12CCN(CCc1ccccc1)CC2. The van der Waals surface area contributed by atoms with E-state index in [1.165, 1.54) is 5.56 Å². The number of rotatable bonds is 12. The average Bonchev–Trinajstić information content (AvgIpc) is 2.97. The highest BCUT2D eigenvalue weighted by molar-refractivity contribution is 6.00. The van der Waals surface area contributed by atoms with Crippen LogP contribution in [-0.4, -0.2) is 72.0 Å². The first-order valence-corrected chi connectivity index (χ1v) is 14.3. The van der Waals surface area contributed by atoms with Gasteiger partial charge < -0.3 is 25.2 Å². The van der Waals surface area contributed by atoms with Crippen molar-refractivity contribution in [3.05, 3.63) is 71.8 Å². The highest BCUT2D eigenvalue weighted by atomic mass is 16.5. The molecule has 0 bridgehead atoms. The highest BCUT2D eigenvalue weighted by Gasteiger charge is 2.53. The van der Waals surface area contributed by atoms with Crippen molar-refractivity contribution in [2.75, 3.05) is 32.7 Å². The molecular formula is C31H42N4O4. The predicted molar refractivity (Wildman–Crippen MR) is 151 cm³/mol. The second-order valence-corrected chi connectivity index (χ2v) is 10.6. The fourth-order valence-electron chi connectivity index (χ4n) is 5.56. The van der Waals surface area contributed by atoms with Crippen LogP contribution in [0, 0.1) is 0 Å². The van der Waals surface area contributed by atoms with Crippen LogP contribution in [0.3, 0.4) is 0 Å². The van der Waals surface area contributed by atoms with Crippen LogP contribution in [0.4, 0.5) is 4.79 Å². The first kappa shape index (κ1) is 28.6. The molecule has 2 fully saturated rings. The van der Waals surface area contributed by atoms with Gasteiger partial charge in [-0.05, 0) is 49.7 Å². The maximum Gasteiger partial charge on any atom is 0.407 e. The van der Waals surface area contributed by atoms with Crippen LogP contribution in [0.15, 0.2) is 60.7 Å². The Labute approximate surface area is 232 Å². The normalized spacial score (nSPS) is 19.1. The number of carbonyl (C=O) groups excluding carboxylic acids is 3. The molecule has 2 aliphatic rings. The van der Waals surface area contributed by atoms with E-state index in [9.17, 15) is 14.4 Å². The van der Waals surface area contributed by atoms with E-state index in [0.717, 1.165) is 44.5 Å². The van der Waals surface area contributed by atoms with Crippen molar-refractivity contribution in [3.8, 4) is 0 Å². The van der Waals surface area contributed by atoms with Crippen LogP contribution in [0.1, 0.15) is 56.6 Å². The van der Waals surface area contributed by atoms with E-state index in [1.54, 1.807) is 0 Å². The Kier molecular flexibility index (Phi) is 10.4. The predicted octanol–water partition coefficient (Wildman–Crippen LogP) is 3.90. The summed E-state index contributed by atoms with van der Waals surface area (Å²) in [5.74, 6) is -0.0198. The van der Waals surface area contributed by atoms with Crippen LogP contribution < -0.4 is 10.6 Å². The quantitative estimate of drug-likeness (QED) is 0.403. The minimum absolute atomic E-state index is 0.00689. The third-order valence-electron chi connectivity index (χ3n) is 7.94. The molecule has 2 N–H and O–H groups in total. The molecule has 8 heteroatoms. The molecule has 2 aliphatic heterocycles. The lowest BCUT2D eigenvalue weighted by Crippen LogP contribution is -2.73. The number of unbranched alkanes of at least 4 members (excludes halogenated alkanes) is 1. The number of hydrogen-bond donors (Lipinski definition) is 2. The molecule has 0 saturated carbocycles. The summed E-state index contributed by atoms with van der Waals surface area (Å²) in [6.45, 7) is 5.85. The van der Waals surface area contributed by atoms with E-state index in [0.29, 0.717) is 38.8 Å². The first-order valence-electron chi connectivity index (χ1n) is 14.3. The van der Waals surface area contributed by atoms with Gasteiger partial charge in [-0.1, -0.05) is 74.0 Å². The van der Waals surface area contributed by atoms with Crippen molar-refractivity contribution in [2.24, 2.45) is 0 Å². The van der Waals surface area contributed by atoms with Gasteiger partial charge in [-0.25, -0.2) is 4.79 Å². The second-order valence-electron chi connectivity index (χ2n) is 10.6. The summed E-state index contributed by atoms with van der Waals surface area (Å²) in [5.41, 5.74) is 1.48. The van der Waals surface area contributed by atoms with Gasteiger partial charge in [0.2, 0.25) is 11.8 Å². The van der Waals surface area contributed by atoms with Crippen molar-refractivity contribution in [1.29, 1.82) is 0 Å². The van der Waals surface area contributed by atoms with Crippen LogP contribution in [0.5, 0.6) is 0 Å². The van der Waals surface area contributed by atoms with Crippen molar-refractivity contribution in [3.63, 3.8) is 0 Å². The van der Waals surface area contributed by atoms with E-state index >= 15 is 0 Å². The van der Waals surface area contributed by atoms with Gasteiger partial charge in [0.1, 0.15) is 18.2 Å². The van der Waals surface area contributed by atoms with Gasteiger partial charge in [-0.3, -0.25) is 9.59 Å². The van der Waals surface area contributed by atoms with Crippen molar-refractivity contribution >= 4 is 17.9 Å². The van der Waals surface area contributed by atoms with Crippen molar-refractivity contribution < 1.29 is 19.1 Å². The van der Waals surface area contributed by atoms with Gasteiger partial charge in [0, 0.05) is 32.7 Å². The Hall–Kier alpha value is -3.39. The van der Waals surface area contributed by atoms with Gasteiger partial charge >= 0.3 is 6.09 Å². The van der Waals surface area contributed by atoms with Crippen LogP contribution in [-0.2, 0) is 27.4 Å². The number of likely N-dealkylation sites (tertiary alicyclic amines) is 1. The minimum Gasteiger partial charge on any atom is -0.445 e. The molecule has 1 atom stereocenters. The smallest absolute Gasteiger partial charge is 0.407 e. The minimum atomic E-state index is -0.758.